The highest BCUT2D eigenvalue weighted by Gasteiger charge is 2.24. The predicted octanol–water partition coefficient (Wildman–Crippen LogP) is 2.58. The highest BCUT2D eigenvalue weighted by atomic mass is 79.9. The summed E-state index contributed by atoms with van der Waals surface area (Å²) in [5.41, 5.74) is 2.13. The van der Waals surface area contributed by atoms with E-state index in [0.29, 0.717) is 27.2 Å². The van der Waals surface area contributed by atoms with Gasteiger partial charge in [0.15, 0.2) is 0 Å². The lowest BCUT2D eigenvalue weighted by Gasteiger charge is -2.11. The summed E-state index contributed by atoms with van der Waals surface area (Å²) in [6, 6.07) is 4.96. The Bertz CT molecular complexity index is 842. The second-order valence-electron chi connectivity index (χ2n) is 5.32. The van der Waals surface area contributed by atoms with E-state index in [0.717, 1.165) is 0 Å². The van der Waals surface area contributed by atoms with Gasteiger partial charge >= 0.3 is 0 Å². The first-order valence-electron chi connectivity index (χ1n) is 7.13. The highest BCUT2D eigenvalue weighted by Crippen LogP contribution is 2.26. The lowest BCUT2D eigenvalue weighted by atomic mass is 10.1. The van der Waals surface area contributed by atoms with Crippen molar-refractivity contribution in [2.45, 2.75) is 20.8 Å². The fourth-order valence-electron chi connectivity index (χ4n) is 2.31. The summed E-state index contributed by atoms with van der Waals surface area (Å²) in [7, 11) is 1.71. The van der Waals surface area contributed by atoms with Gasteiger partial charge in [-0.3, -0.25) is 19.1 Å². The SMILES string of the molecule is CC(=O)Nc1ccc(Br)cc1NC(=O)C(=O)c1c(C)nn(C)c1C. The van der Waals surface area contributed by atoms with Gasteiger partial charge in [-0.1, -0.05) is 15.9 Å². The van der Waals surface area contributed by atoms with Crippen LogP contribution in [0.4, 0.5) is 11.4 Å². The van der Waals surface area contributed by atoms with Crippen molar-refractivity contribution in [3.63, 3.8) is 0 Å². The Labute approximate surface area is 147 Å². The van der Waals surface area contributed by atoms with Crippen LogP contribution in [0.5, 0.6) is 0 Å². The van der Waals surface area contributed by atoms with Crippen LogP contribution in [0.1, 0.15) is 28.7 Å². The lowest BCUT2D eigenvalue weighted by molar-refractivity contribution is -0.114. The summed E-state index contributed by atoms with van der Waals surface area (Å²) in [6.45, 7) is 4.76. The Morgan fingerprint density at radius 2 is 1.79 bits per heavy atom. The van der Waals surface area contributed by atoms with Crippen LogP contribution in [0.2, 0.25) is 0 Å². The van der Waals surface area contributed by atoms with Crippen molar-refractivity contribution in [2.24, 2.45) is 7.05 Å². The maximum Gasteiger partial charge on any atom is 0.296 e. The average Bonchev–Trinajstić information content (AvgIpc) is 2.74. The van der Waals surface area contributed by atoms with E-state index in [9.17, 15) is 14.4 Å². The largest absolute Gasteiger partial charge is 0.325 e. The molecule has 1 aromatic carbocycles. The molecule has 0 atom stereocenters. The molecule has 7 nitrogen and oxygen atoms in total. The molecule has 2 rings (SSSR count). The number of carbonyl (C=O) groups excluding carboxylic acids is 3. The molecule has 2 amide bonds. The molecule has 0 aliphatic rings. The molecule has 0 radical (unpaired) electrons. The van der Waals surface area contributed by atoms with E-state index in [4.69, 9.17) is 0 Å². The Hall–Kier alpha value is -2.48. The molecule has 126 valence electrons. The van der Waals surface area contributed by atoms with Crippen molar-refractivity contribution in [1.29, 1.82) is 0 Å². The number of rotatable bonds is 4. The zero-order chi connectivity index (χ0) is 18.0. The predicted molar refractivity (Wildman–Crippen MR) is 94.1 cm³/mol. The van der Waals surface area contributed by atoms with Gasteiger partial charge in [0, 0.05) is 24.1 Å². The molecule has 0 bridgehead atoms. The molecule has 0 spiro atoms. The van der Waals surface area contributed by atoms with E-state index < -0.39 is 11.7 Å². The van der Waals surface area contributed by atoms with Gasteiger partial charge < -0.3 is 10.6 Å². The molecule has 24 heavy (non-hydrogen) atoms. The second kappa shape index (κ2) is 6.96. The molecular formula is C16H17BrN4O3. The Morgan fingerprint density at radius 3 is 2.33 bits per heavy atom. The quantitative estimate of drug-likeness (QED) is 0.617. The molecule has 0 fully saturated rings. The molecule has 1 aromatic heterocycles. The third kappa shape index (κ3) is 3.70. The number of ketones is 1. The van der Waals surface area contributed by atoms with E-state index in [1.54, 1.807) is 43.8 Å². The number of nitrogens with one attached hydrogen (secondary N) is 2. The normalized spacial score (nSPS) is 10.4. The first kappa shape index (κ1) is 17.9. The van der Waals surface area contributed by atoms with Gasteiger partial charge in [-0.2, -0.15) is 5.10 Å². The summed E-state index contributed by atoms with van der Waals surface area (Å²) in [4.78, 5) is 36.1. The Morgan fingerprint density at radius 1 is 1.12 bits per heavy atom. The molecule has 1 heterocycles. The lowest BCUT2D eigenvalue weighted by Crippen LogP contribution is -2.24. The maximum atomic E-state index is 12.5. The van der Waals surface area contributed by atoms with E-state index >= 15 is 0 Å². The number of hydrogen-bond acceptors (Lipinski definition) is 4. The monoisotopic (exact) mass is 392 g/mol. The van der Waals surface area contributed by atoms with E-state index in [1.165, 1.54) is 6.92 Å². The van der Waals surface area contributed by atoms with Crippen LogP contribution >= 0.6 is 15.9 Å². The summed E-state index contributed by atoms with van der Waals surface area (Å²) in [6.07, 6.45) is 0. The van der Waals surface area contributed by atoms with Gasteiger partial charge in [-0.05, 0) is 32.0 Å². The van der Waals surface area contributed by atoms with Crippen molar-refractivity contribution in [3.05, 3.63) is 39.6 Å². The number of nitrogens with zero attached hydrogens (tertiary/aromatic N) is 2. The van der Waals surface area contributed by atoms with Crippen LogP contribution in [-0.2, 0) is 16.6 Å². The van der Waals surface area contributed by atoms with Crippen LogP contribution in [0, 0.1) is 13.8 Å². The van der Waals surface area contributed by atoms with Gasteiger partial charge in [-0.15, -0.1) is 0 Å². The molecule has 0 aliphatic heterocycles. The summed E-state index contributed by atoms with van der Waals surface area (Å²) < 4.78 is 2.26. The van der Waals surface area contributed by atoms with Gasteiger partial charge in [-0.25, -0.2) is 0 Å². The number of amides is 2. The third-order valence-electron chi connectivity index (χ3n) is 3.48. The molecule has 8 heteroatoms. The molecule has 0 saturated carbocycles. The van der Waals surface area contributed by atoms with Crippen molar-refractivity contribution >= 4 is 44.9 Å². The Kier molecular flexibility index (Phi) is 5.18. The zero-order valence-electron chi connectivity index (χ0n) is 13.7. The van der Waals surface area contributed by atoms with Gasteiger partial charge in [0.1, 0.15) is 0 Å². The fourth-order valence-corrected chi connectivity index (χ4v) is 2.67. The Balaban J connectivity index is 2.31. The number of carbonyl (C=O) groups is 3. The summed E-state index contributed by atoms with van der Waals surface area (Å²) in [5.74, 6) is -1.75. The number of aromatic nitrogens is 2. The summed E-state index contributed by atoms with van der Waals surface area (Å²) in [5, 5.41) is 9.30. The van der Waals surface area contributed by atoms with Crippen LogP contribution in [0.3, 0.4) is 0 Å². The first-order valence-corrected chi connectivity index (χ1v) is 7.93. The molecule has 2 N–H and O–H groups in total. The molecule has 0 aliphatic carbocycles. The third-order valence-corrected chi connectivity index (χ3v) is 3.98. The number of aryl methyl sites for hydroxylation is 2. The van der Waals surface area contributed by atoms with Crippen molar-refractivity contribution in [3.8, 4) is 0 Å². The van der Waals surface area contributed by atoms with Gasteiger partial charge in [0.2, 0.25) is 5.91 Å². The van der Waals surface area contributed by atoms with Gasteiger partial charge in [0.25, 0.3) is 11.7 Å². The molecule has 0 saturated heterocycles. The molecule has 0 unspecified atom stereocenters. The van der Waals surface area contributed by atoms with Crippen LogP contribution < -0.4 is 10.6 Å². The zero-order valence-corrected chi connectivity index (χ0v) is 15.3. The maximum absolute atomic E-state index is 12.5. The number of Topliss-reactive ketones (excluding diaryl/α,β-unsaturated/α-hetero) is 1. The minimum absolute atomic E-state index is 0.280. The molecule has 2 aromatic rings. The highest BCUT2D eigenvalue weighted by molar-refractivity contribution is 9.10. The summed E-state index contributed by atoms with van der Waals surface area (Å²) >= 11 is 3.30. The van der Waals surface area contributed by atoms with E-state index in [2.05, 4.69) is 31.7 Å². The van der Waals surface area contributed by atoms with Gasteiger partial charge in [0.05, 0.1) is 22.6 Å². The first-order chi connectivity index (χ1) is 11.2. The smallest absolute Gasteiger partial charge is 0.296 e. The number of benzene rings is 1. The van der Waals surface area contributed by atoms with Crippen molar-refractivity contribution < 1.29 is 14.4 Å². The minimum atomic E-state index is -0.793. The van der Waals surface area contributed by atoms with E-state index in [-0.39, 0.29) is 11.5 Å². The topological polar surface area (TPSA) is 93.1 Å². The van der Waals surface area contributed by atoms with Crippen LogP contribution in [0.15, 0.2) is 22.7 Å². The van der Waals surface area contributed by atoms with Crippen molar-refractivity contribution in [2.75, 3.05) is 10.6 Å². The second-order valence-corrected chi connectivity index (χ2v) is 6.24. The standard InChI is InChI=1S/C16H17BrN4O3/c1-8-14(9(2)21(4)20-8)15(23)16(24)19-13-7-11(17)5-6-12(13)18-10(3)22/h5-7H,1-4H3,(H,18,22)(H,19,24). The number of halogens is 1. The fraction of sp³-hybridized carbons (Fsp3) is 0.250. The average molecular weight is 393 g/mol. The van der Waals surface area contributed by atoms with E-state index in [1.807, 2.05) is 0 Å². The number of hydrogen-bond donors (Lipinski definition) is 2. The number of anilines is 2. The van der Waals surface area contributed by atoms with Crippen LogP contribution in [-0.4, -0.2) is 27.4 Å². The van der Waals surface area contributed by atoms with Crippen molar-refractivity contribution in [1.82, 2.24) is 9.78 Å². The minimum Gasteiger partial charge on any atom is -0.325 e. The molecular weight excluding hydrogens is 376 g/mol. The van der Waals surface area contributed by atoms with Crippen LogP contribution in [0.25, 0.3) is 0 Å².